The maximum Gasteiger partial charge on any atom is 0.181 e. The van der Waals surface area contributed by atoms with Gasteiger partial charge in [0.15, 0.2) is 6.73 Å². The Kier molecular flexibility index (Phi) is 3.24. The van der Waals surface area contributed by atoms with Crippen LogP contribution in [0.15, 0.2) is 24.3 Å². The van der Waals surface area contributed by atoms with Crippen LogP contribution >= 0.6 is 11.6 Å². The van der Waals surface area contributed by atoms with Crippen LogP contribution in [0.2, 0.25) is 5.02 Å². The molecule has 0 fully saturated rings. The van der Waals surface area contributed by atoms with Gasteiger partial charge in [0, 0.05) is 5.02 Å². The molecular weight excluding hydrogens is 238 g/mol. The summed E-state index contributed by atoms with van der Waals surface area (Å²) in [5.74, 6) is 0.712. The highest BCUT2D eigenvalue weighted by molar-refractivity contribution is 6.30. The first-order valence-corrected chi connectivity index (χ1v) is 5.63. The Morgan fingerprint density at radius 3 is 2.76 bits per heavy atom. The summed E-state index contributed by atoms with van der Waals surface area (Å²) in [6.07, 6.45) is 0. The molecular formula is C12H14ClN3O. The van der Waals surface area contributed by atoms with Crippen LogP contribution in [0.25, 0.3) is 0 Å². The van der Waals surface area contributed by atoms with Gasteiger partial charge < -0.3 is 10.5 Å². The fourth-order valence-electron chi connectivity index (χ4n) is 1.53. The number of aromatic nitrogens is 2. The maximum atomic E-state index is 5.86. The lowest BCUT2D eigenvalue weighted by molar-refractivity contribution is 0.218. The Morgan fingerprint density at radius 2 is 2.18 bits per heavy atom. The standard InChI is InChI=1S/C12H14ClN3O/c1-8-12(14)9(2)16(15-8)7-17-11-5-3-4-10(13)6-11/h3-6H,7,14H2,1-2H3. The Hall–Kier alpha value is -1.68. The molecule has 0 saturated carbocycles. The van der Waals surface area contributed by atoms with E-state index in [0.717, 1.165) is 11.4 Å². The molecule has 1 aromatic carbocycles. The number of aryl methyl sites for hydroxylation is 1. The summed E-state index contributed by atoms with van der Waals surface area (Å²) in [6, 6.07) is 7.25. The van der Waals surface area contributed by atoms with Crippen molar-refractivity contribution in [2.24, 2.45) is 0 Å². The van der Waals surface area contributed by atoms with Gasteiger partial charge in [0.1, 0.15) is 5.75 Å². The third-order valence-electron chi connectivity index (χ3n) is 2.59. The second-order valence-corrected chi connectivity index (χ2v) is 4.25. The fourth-order valence-corrected chi connectivity index (χ4v) is 1.71. The van der Waals surface area contributed by atoms with E-state index in [1.165, 1.54) is 0 Å². The zero-order chi connectivity index (χ0) is 12.4. The molecule has 4 nitrogen and oxygen atoms in total. The van der Waals surface area contributed by atoms with Crippen molar-refractivity contribution in [3.05, 3.63) is 40.7 Å². The van der Waals surface area contributed by atoms with E-state index in [4.69, 9.17) is 22.1 Å². The number of hydrogen-bond acceptors (Lipinski definition) is 3. The molecule has 17 heavy (non-hydrogen) atoms. The zero-order valence-electron chi connectivity index (χ0n) is 9.77. The number of benzene rings is 1. The summed E-state index contributed by atoms with van der Waals surface area (Å²) >= 11 is 5.86. The summed E-state index contributed by atoms with van der Waals surface area (Å²) in [5, 5.41) is 4.93. The molecule has 0 saturated heterocycles. The van der Waals surface area contributed by atoms with Crippen molar-refractivity contribution in [2.45, 2.75) is 20.6 Å². The average Bonchev–Trinajstić information content (AvgIpc) is 2.54. The molecule has 0 atom stereocenters. The normalized spacial score (nSPS) is 10.5. The number of nitrogens with two attached hydrogens (primary N) is 1. The van der Waals surface area contributed by atoms with Crippen molar-refractivity contribution >= 4 is 17.3 Å². The summed E-state index contributed by atoms with van der Waals surface area (Å²) in [7, 11) is 0. The van der Waals surface area contributed by atoms with E-state index in [2.05, 4.69) is 5.10 Å². The van der Waals surface area contributed by atoms with E-state index >= 15 is 0 Å². The lowest BCUT2D eigenvalue weighted by atomic mass is 10.3. The van der Waals surface area contributed by atoms with Gasteiger partial charge in [-0.3, -0.25) is 0 Å². The van der Waals surface area contributed by atoms with Gasteiger partial charge in [-0.1, -0.05) is 17.7 Å². The predicted octanol–water partition coefficient (Wildman–Crippen LogP) is 2.77. The summed E-state index contributed by atoms with van der Waals surface area (Å²) in [4.78, 5) is 0. The first-order chi connectivity index (χ1) is 8.08. The molecule has 2 aromatic rings. The third-order valence-corrected chi connectivity index (χ3v) is 2.82. The number of ether oxygens (including phenoxy) is 1. The molecule has 1 heterocycles. The van der Waals surface area contributed by atoms with Crippen molar-refractivity contribution in [3.8, 4) is 5.75 Å². The minimum absolute atomic E-state index is 0.324. The lowest BCUT2D eigenvalue weighted by Crippen LogP contribution is -2.08. The number of anilines is 1. The van der Waals surface area contributed by atoms with E-state index in [9.17, 15) is 0 Å². The van der Waals surface area contributed by atoms with Crippen molar-refractivity contribution in [2.75, 3.05) is 5.73 Å². The summed E-state index contributed by atoms with van der Waals surface area (Å²) < 4.78 is 7.31. The molecule has 0 unspecified atom stereocenters. The number of hydrogen-bond donors (Lipinski definition) is 1. The SMILES string of the molecule is Cc1nn(COc2cccc(Cl)c2)c(C)c1N. The molecule has 2 rings (SSSR count). The zero-order valence-corrected chi connectivity index (χ0v) is 10.5. The molecule has 0 aliphatic heterocycles. The molecule has 1 aromatic heterocycles. The maximum absolute atomic E-state index is 5.86. The Bertz CT molecular complexity index is 537. The highest BCUT2D eigenvalue weighted by Crippen LogP contribution is 2.19. The highest BCUT2D eigenvalue weighted by Gasteiger charge is 2.07. The van der Waals surface area contributed by atoms with Crippen LogP contribution in [0.5, 0.6) is 5.75 Å². The van der Waals surface area contributed by atoms with Crippen molar-refractivity contribution in [1.82, 2.24) is 9.78 Å². The summed E-state index contributed by atoms with van der Waals surface area (Å²) in [5.41, 5.74) is 8.27. The molecule has 0 amide bonds. The van der Waals surface area contributed by atoms with Gasteiger partial charge in [-0.2, -0.15) is 5.10 Å². The largest absolute Gasteiger partial charge is 0.471 e. The molecule has 0 bridgehead atoms. The quantitative estimate of drug-likeness (QED) is 0.913. The topological polar surface area (TPSA) is 53.1 Å². The smallest absolute Gasteiger partial charge is 0.181 e. The van der Waals surface area contributed by atoms with Crippen LogP contribution in [0, 0.1) is 13.8 Å². The molecule has 0 aliphatic rings. The third kappa shape index (κ3) is 2.53. The first kappa shape index (κ1) is 11.8. The van der Waals surface area contributed by atoms with E-state index in [0.29, 0.717) is 23.2 Å². The highest BCUT2D eigenvalue weighted by atomic mass is 35.5. The predicted molar refractivity (Wildman–Crippen MR) is 68.2 cm³/mol. The average molecular weight is 252 g/mol. The first-order valence-electron chi connectivity index (χ1n) is 5.26. The molecule has 5 heteroatoms. The fraction of sp³-hybridized carbons (Fsp3) is 0.250. The second kappa shape index (κ2) is 4.67. The van der Waals surface area contributed by atoms with Gasteiger partial charge in [-0.05, 0) is 32.0 Å². The number of nitrogen functional groups attached to an aromatic ring is 1. The Labute approximate surface area is 105 Å². The second-order valence-electron chi connectivity index (χ2n) is 3.81. The van der Waals surface area contributed by atoms with Crippen LogP contribution < -0.4 is 10.5 Å². The monoisotopic (exact) mass is 251 g/mol. The van der Waals surface area contributed by atoms with Crippen molar-refractivity contribution < 1.29 is 4.74 Å². The number of rotatable bonds is 3. The molecule has 0 aliphatic carbocycles. The minimum Gasteiger partial charge on any atom is -0.471 e. The van der Waals surface area contributed by atoms with Gasteiger partial charge in [0.2, 0.25) is 0 Å². The van der Waals surface area contributed by atoms with Crippen LogP contribution in [-0.2, 0) is 6.73 Å². The number of halogens is 1. The van der Waals surface area contributed by atoms with E-state index < -0.39 is 0 Å². The lowest BCUT2D eigenvalue weighted by Gasteiger charge is -2.07. The van der Waals surface area contributed by atoms with Crippen LogP contribution in [0.3, 0.4) is 0 Å². The van der Waals surface area contributed by atoms with Gasteiger partial charge >= 0.3 is 0 Å². The Morgan fingerprint density at radius 1 is 1.41 bits per heavy atom. The van der Waals surface area contributed by atoms with Crippen LogP contribution in [0.4, 0.5) is 5.69 Å². The molecule has 0 spiro atoms. The van der Waals surface area contributed by atoms with Crippen LogP contribution in [-0.4, -0.2) is 9.78 Å². The van der Waals surface area contributed by atoms with Crippen molar-refractivity contribution in [3.63, 3.8) is 0 Å². The Balaban J connectivity index is 2.10. The van der Waals surface area contributed by atoms with E-state index in [-0.39, 0.29) is 0 Å². The molecule has 0 radical (unpaired) electrons. The number of nitrogens with zero attached hydrogens (tertiary/aromatic N) is 2. The molecule has 90 valence electrons. The molecule has 2 N–H and O–H groups in total. The van der Waals surface area contributed by atoms with Crippen molar-refractivity contribution in [1.29, 1.82) is 0 Å². The van der Waals surface area contributed by atoms with Crippen LogP contribution in [0.1, 0.15) is 11.4 Å². The van der Waals surface area contributed by atoms with E-state index in [1.54, 1.807) is 16.8 Å². The van der Waals surface area contributed by atoms with Gasteiger partial charge in [-0.15, -0.1) is 0 Å². The summed E-state index contributed by atoms with van der Waals surface area (Å²) in [6.45, 7) is 4.11. The van der Waals surface area contributed by atoms with Gasteiger partial charge in [0.05, 0.1) is 17.1 Å². The van der Waals surface area contributed by atoms with Gasteiger partial charge in [-0.25, -0.2) is 4.68 Å². The van der Waals surface area contributed by atoms with E-state index in [1.807, 2.05) is 26.0 Å². The minimum atomic E-state index is 0.324. The van der Waals surface area contributed by atoms with Gasteiger partial charge in [0.25, 0.3) is 0 Å².